The van der Waals surface area contributed by atoms with Crippen LogP contribution in [0.15, 0.2) is 18.2 Å². The van der Waals surface area contributed by atoms with Crippen LogP contribution in [0.3, 0.4) is 0 Å². The lowest BCUT2D eigenvalue weighted by molar-refractivity contribution is 0.209. The van der Waals surface area contributed by atoms with E-state index in [0.29, 0.717) is 12.3 Å². The first kappa shape index (κ1) is 11.4. The van der Waals surface area contributed by atoms with Gasteiger partial charge in [-0.2, -0.15) is 0 Å². The van der Waals surface area contributed by atoms with E-state index in [4.69, 9.17) is 9.84 Å². The van der Waals surface area contributed by atoms with Gasteiger partial charge in [0.1, 0.15) is 5.75 Å². The standard InChI is InChI=1S/C11H15NO3/c1-3-6-15-9-4-5-10(8(2)7-9)12-11(13)14/h4-5,7,12H,3,6H2,1-2H3,(H,13,14). The fraction of sp³-hybridized carbons (Fsp3) is 0.364. The van der Waals surface area contributed by atoms with Gasteiger partial charge in [0.15, 0.2) is 0 Å². The Hall–Kier alpha value is -1.71. The van der Waals surface area contributed by atoms with E-state index in [-0.39, 0.29) is 0 Å². The maximum atomic E-state index is 10.4. The molecule has 82 valence electrons. The minimum absolute atomic E-state index is 0.589. The minimum atomic E-state index is -1.06. The second kappa shape index (κ2) is 5.24. The number of hydrogen-bond donors (Lipinski definition) is 2. The molecule has 1 rings (SSSR count). The van der Waals surface area contributed by atoms with Crippen LogP contribution in [0.5, 0.6) is 5.75 Å². The van der Waals surface area contributed by atoms with Gasteiger partial charge in [0.2, 0.25) is 0 Å². The topological polar surface area (TPSA) is 58.6 Å². The summed E-state index contributed by atoms with van der Waals surface area (Å²) in [4.78, 5) is 10.4. The van der Waals surface area contributed by atoms with E-state index < -0.39 is 6.09 Å². The molecule has 0 atom stereocenters. The Morgan fingerprint density at radius 1 is 1.53 bits per heavy atom. The number of aryl methyl sites for hydroxylation is 1. The number of ether oxygens (including phenoxy) is 1. The van der Waals surface area contributed by atoms with Crippen molar-refractivity contribution in [2.45, 2.75) is 20.3 Å². The smallest absolute Gasteiger partial charge is 0.409 e. The largest absolute Gasteiger partial charge is 0.494 e. The summed E-state index contributed by atoms with van der Waals surface area (Å²) < 4.78 is 5.42. The molecule has 0 heterocycles. The summed E-state index contributed by atoms with van der Waals surface area (Å²) in [5, 5.41) is 10.9. The van der Waals surface area contributed by atoms with Crippen LogP contribution in [0, 0.1) is 6.92 Å². The third-order valence-corrected chi connectivity index (χ3v) is 1.91. The third kappa shape index (κ3) is 3.50. The Morgan fingerprint density at radius 2 is 2.27 bits per heavy atom. The van der Waals surface area contributed by atoms with Crippen LogP contribution in [-0.2, 0) is 0 Å². The molecule has 2 N–H and O–H groups in total. The molecule has 0 aliphatic carbocycles. The summed E-state index contributed by atoms with van der Waals surface area (Å²) in [5.74, 6) is 0.769. The fourth-order valence-corrected chi connectivity index (χ4v) is 1.20. The highest BCUT2D eigenvalue weighted by molar-refractivity contribution is 5.84. The second-order valence-corrected chi connectivity index (χ2v) is 3.26. The highest BCUT2D eigenvalue weighted by Gasteiger charge is 2.03. The third-order valence-electron chi connectivity index (χ3n) is 1.91. The predicted molar refractivity (Wildman–Crippen MR) is 58.6 cm³/mol. The predicted octanol–water partition coefficient (Wildman–Crippen LogP) is 2.87. The summed E-state index contributed by atoms with van der Waals surface area (Å²) in [6.45, 7) is 4.54. The first-order chi connectivity index (χ1) is 7.13. The number of rotatable bonds is 4. The molecular weight excluding hydrogens is 194 g/mol. The summed E-state index contributed by atoms with van der Waals surface area (Å²) in [6, 6.07) is 5.28. The van der Waals surface area contributed by atoms with Gasteiger partial charge in [0, 0.05) is 5.69 Å². The lowest BCUT2D eigenvalue weighted by Crippen LogP contribution is -2.08. The van der Waals surface area contributed by atoms with Crippen LogP contribution in [0.1, 0.15) is 18.9 Å². The zero-order valence-electron chi connectivity index (χ0n) is 8.91. The van der Waals surface area contributed by atoms with Gasteiger partial charge in [0.05, 0.1) is 6.61 Å². The van der Waals surface area contributed by atoms with Crippen LogP contribution in [0.4, 0.5) is 10.5 Å². The Bertz CT molecular complexity index is 350. The van der Waals surface area contributed by atoms with E-state index in [1.54, 1.807) is 12.1 Å². The van der Waals surface area contributed by atoms with E-state index in [0.717, 1.165) is 17.7 Å². The SMILES string of the molecule is CCCOc1ccc(NC(=O)O)c(C)c1. The van der Waals surface area contributed by atoms with Crippen molar-refractivity contribution in [3.63, 3.8) is 0 Å². The number of carbonyl (C=O) groups is 1. The number of benzene rings is 1. The van der Waals surface area contributed by atoms with Crippen molar-refractivity contribution in [3.05, 3.63) is 23.8 Å². The van der Waals surface area contributed by atoms with Crippen LogP contribution in [-0.4, -0.2) is 17.8 Å². The number of anilines is 1. The lowest BCUT2D eigenvalue weighted by atomic mass is 10.2. The van der Waals surface area contributed by atoms with Crippen molar-refractivity contribution in [2.24, 2.45) is 0 Å². The second-order valence-electron chi connectivity index (χ2n) is 3.26. The first-order valence-electron chi connectivity index (χ1n) is 4.87. The summed E-state index contributed by atoms with van der Waals surface area (Å²) in [7, 11) is 0. The number of hydrogen-bond acceptors (Lipinski definition) is 2. The Morgan fingerprint density at radius 3 is 2.80 bits per heavy atom. The lowest BCUT2D eigenvalue weighted by Gasteiger charge is -2.09. The van der Waals surface area contributed by atoms with Gasteiger partial charge in [-0.25, -0.2) is 4.79 Å². The average molecular weight is 209 g/mol. The number of nitrogens with one attached hydrogen (secondary N) is 1. The molecule has 0 aliphatic heterocycles. The fourth-order valence-electron chi connectivity index (χ4n) is 1.20. The van der Waals surface area contributed by atoms with E-state index >= 15 is 0 Å². The van der Waals surface area contributed by atoms with Gasteiger partial charge in [-0.15, -0.1) is 0 Å². The van der Waals surface area contributed by atoms with Crippen LogP contribution >= 0.6 is 0 Å². The average Bonchev–Trinajstić information content (AvgIpc) is 2.18. The van der Waals surface area contributed by atoms with Gasteiger partial charge in [-0.05, 0) is 37.1 Å². The monoisotopic (exact) mass is 209 g/mol. The van der Waals surface area contributed by atoms with Crippen molar-refractivity contribution < 1.29 is 14.6 Å². The minimum Gasteiger partial charge on any atom is -0.494 e. The Kier molecular flexibility index (Phi) is 3.97. The van der Waals surface area contributed by atoms with E-state index in [9.17, 15) is 4.79 Å². The van der Waals surface area contributed by atoms with E-state index in [1.165, 1.54) is 0 Å². The van der Waals surface area contributed by atoms with Crippen molar-refractivity contribution in [1.29, 1.82) is 0 Å². The van der Waals surface area contributed by atoms with Gasteiger partial charge in [-0.1, -0.05) is 6.92 Å². The molecule has 0 unspecified atom stereocenters. The quantitative estimate of drug-likeness (QED) is 0.801. The molecule has 0 aliphatic rings. The molecule has 1 aromatic carbocycles. The molecule has 4 nitrogen and oxygen atoms in total. The van der Waals surface area contributed by atoms with E-state index in [2.05, 4.69) is 5.32 Å². The highest BCUT2D eigenvalue weighted by atomic mass is 16.5. The van der Waals surface area contributed by atoms with Gasteiger partial charge in [-0.3, -0.25) is 5.32 Å². The molecule has 15 heavy (non-hydrogen) atoms. The molecular formula is C11H15NO3. The molecule has 0 saturated heterocycles. The molecule has 0 bridgehead atoms. The van der Waals surface area contributed by atoms with Crippen LogP contribution < -0.4 is 10.1 Å². The zero-order valence-corrected chi connectivity index (χ0v) is 8.91. The summed E-state index contributed by atoms with van der Waals surface area (Å²) >= 11 is 0. The zero-order chi connectivity index (χ0) is 11.3. The number of amides is 1. The van der Waals surface area contributed by atoms with Gasteiger partial charge < -0.3 is 9.84 Å². The Labute approximate surface area is 88.9 Å². The van der Waals surface area contributed by atoms with Gasteiger partial charge in [0.25, 0.3) is 0 Å². The van der Waals surface area contributed by atoms with Crippen LogP contribution in [0.25, 0.3) is 0 Å². The molecule has 1 amide bonds. The molecule has 0 aromatic heterocycles. The van der Waals surface area contributed by atoms with Crippen molar-refractivity contribution in [3.8, 4) is 5.75 Å². The van der Waals surface area contributed by atoms with Crippen LogP contribution in [0.2, 0.25) is 0 Å². The normalized spacial score (nSPS) is 9.73. The molecule has 0 fully saturated rings. The Balaban J connectivity index is 2.74. The maximum Gasteiger partial charge on any atom is 0.409 e. The molecule has 4 heteroatoms. The van der Waals surface area contributed by atoms with Crippen molar-refractivity contribution in [1.82, 2.24) is 0 Å². The molecule has 0 radical (unpaired) electrons. The van der Waals surface area contributed by atoms with Gasteiger partial charge >= 0.3 is 6.09 Å². The molecule has 0 spiro atoms. The molecule has 0 saturated carbocycles. The first-order valence-corrected chi connectivity index (χ1v) is 4.87. The van der Waals surface area contributed by atoms with Crippen molar-refractivity contribution >= 4 is 11.8 Å². The van der Waals surface area contributed by atoms with E-state index in [1.807, 2.05) is 19.9 Å². The highest BCUT2D eigenvalue weighted by Crippen LogP contribution is 2.21. The number of carboxylic acid groups (broad SMARTS) is 1. The maximum absolute atomic E-state index is 10.4. The molecule has 1 aromatic rings. The summed E-state index contributed by atoms with van der Waals surface area (Å²) in [6.07, 6.45) is -0.103. The summed E-state index contributed by atoms with van der Waals surface area (Å²) in [5.41, 5.74) is 1.44. The van der Waals surface area contributed by atoms with Crippen molar-refractivity contribution in [2.75, 3.05) is 11.9 Å².